The van der Waals surface area contributed by atoms with Crippen molar-refractivity contribution in [3.63, 3.8) is 0 Å². The van der Waals surface area contributed by atoms with E-state index in [9.17, 15) is 19.8 Å². The van der Waals surface area contributed by atoms with Crippen molar-refractivity contribution in [2.45, 2.75) is 26.7 Å². The maximum atomic E-state index is 12.0. The summed E-state index contributed by atoms with van der Waals surface area (Å²) in [5, 5.41) is 21.8. The fourth-order valence-corrected chi connectivity index (χ4v) is 2.08. The van der Waals surface area contributed by atoms with Crippen molar-refractivity contribution >= 4 is 23.5 Å². The third-order valence-electron chi connectivity index (χ3n) is 3.60. The zero-order valence-electron chi connectivity index (χ0n) is 11.4. The summed E-state index contributed by atoms with van der Waals surface area (Å²) in [7, 11) is 0. The van der Waals surface area contributed by atoms with Crippen molar-refractivity contribution in [2.75, 3.05) is 6.54 Å². The van der Waals surface area contributed by atoms with Gasteiger partial charge in [0.15, 0.2) is 0 Å². The number of aliphatic carboxylic acids is 1. The Hall–Kier alpha value is -1.75. The third-order valence-corrected chi connectivity index (χ3v) is 3.83. The molecule has 3 N–H and O–H groups in total. The van der Waals surface area contributed by atoms with E-state index in [-0.39, 0.29) is 17.9 Å². The molecular weight excluding hydrogens is 282 g/mol. The Labute approximate surface area is 122 Å². The van der Waals surface area contributed by atoms with E-state index in [0.29, 0.717) is 17.9 Å². The van der Waals surface area contributed by atoms with E-state index in [1.807, 2.05) is 0 Å². The van der Waals surface area contributed by atoms with Crippen LogP contribution in [-0.4, -0.2) is 28.6 Å². The highest BCUT2D eigenvalue weighted by Gasteiger charge is 2.35. The highest BCUT2D eigenvalue weighted by Crippen LogP contribution is 2.26. The fraction of sp³-hybridized carbons (Fsp3) is 0.429. The van der Waals surface area contributed by atoms with E-state index in [1.54, 1.807) is 13.8 Å². The molecule has 0 unspecified atom stereocenters. The molecule has 6 heteroatoms. The van der Waals surface area contributed by atoms with Gasteiger partial charge in [-0.25, -0.2) is 0 Å². The Morgan fingerprint density at radius 2 is 1.90 bits per heavy atom. The number of aromatic hydroxyl groups is 1. The van der Waals surface area contributed by atoms with Crippen LogP contribution in [0.5, 0.6) is 5.75 Å². The van der Waals surface area contributed by atoms with E-state index in [2.05, 4.69) is 5.32 Å². The number of halogens is 1. The van der Waals surface area contributed by atoms with Crippen LogP contribution in [0.15, 0.2) is 18.2 Å². The first-order valence-electron chi connectivity index (χ1n) is 6.36. The average Bonchev–Trinajstić information content (AvgIpc) is 2.42. The summed E-state index contributed by atoms with van der Waals surface area (Å²) in [5.41, 5.74) is -0.965. The van der Waals surface area contributed by atoms with Crippen molar-refractivity contribution < 1.29 is 19.8 Å². The quantitative estimate of drug-likeness (QED) is 0.753. The van der Waals surface area contributed by atoms with Gasteiger partial charge in [-0.05, 0) is 31.0 Å². The lowest BCUT2D eigenvalue weighted by atomic mass is 9.82. The summed E-state index contributed by atoms with van der Waals surface area (Å²) in [6, 6.07) is 4.13. The minimum Gasteiger partial charge on any atom is -0.507 e. The average molecular weight is 300 g/mol. The number of amides is 1. The van der Waals surface area contributed by atoms with Gasteiger partial charge in [0.1, 0.15) is 5.75 Å². The standard InChI is InChI=1S/C14H18ClNO4/c1-3-14(4-2,13(19)20)8-16-12(18)10-7-9(15)5-6-11(10)17/h5-7,17H,3-4,8H2,1-2H3,(H,16,18)(H,19,20). The molecule has 0 aromatic heterocycles. The predicted molar refractivity (Wildman–Crippen MR) is 76.1 cm³/mol. The zero-order chi connectivity index (χ0) is 15.3. The second-order valence-corrected chi connectivity index (χ2v) is 5.07. The third kappa shape index (κ3) is 3.42. The van der Waals surface area contributed by atoms with Crippen LogP contribution < -0.4 is 5.32 Å². The lowest BCUT2D eigenvalue weighted by Gasteiger charge is -2.26. The van der Waals surface area contributed by atoms with E-state index in [0.717, 1.165) is 0 Å². The van der Waals surface area contributed by atoms with Crippen molar-refractivity contribution in [3.8, 4) is 5.75 Å². The normalized spacial score (nSPS) is 11.2. The van der Waals surface area contributed by atoms with E-state index in [4.69, 9.17) is 11.6 Å². The highest BCUT2D eigenvalue weighted by atomic mass is 35.5. The Bertz CT molecular complexity index is 512. The largest absolute Gasteiger partial charge is 0.507 e. The lowest BCUT2D eigenvalue weighted by Crippen LogP contribution is -2.42. The molecule has 5 nitrogen and oxygen atoms in total. The Morgan fingerprint density at radius 3 is 2.40 bits per heavy atom. The van der Waals surface area contributed by atoms with Gasteiger partial charge in [-0.1, -0.05) is 25.4 Å². The molecule has 1 aromatic carbocycles. The van der Waals surface area contributed by atoms with E-state index in [1.165, 1.54) is 18.2 Å². The second kappa shape index (κ2) is 6.61. The summed E-state index contributed by atoms with van der Waals surface area (Å²) >= 11 is 5.77. The van der Waals surface area contributed by atoms with Gasteiger partial charge in [0.05, 0.1) is 11.0 Å². The van der Waals surface area contributed by atoms with Crippen LogP contribution in [0.1, 0.15) is 37.0 Å². The highest BCUT2D eigenvalue weighted by molar-refractivity contribution is 6.31. The number of rotatable bonds is 6. The fourth-order valence-electron chi connectivity index (χ4n) is 1.91. The molecule has 0 heterocycles. The molecule has 0 atom stereocenters. The number of carboxylic acid groups (broad SMARTS) is 1. The number of carbonyl (C=O) groups excluding carboxylic acids is 1. The second-order valence-electron chi connectivity index (χ2n) is 4.64. The molecule has 0 spiro atoms. The molecule has 110 valence electrons. The molecule has 0 radical (unpaired) electrons. The number of phenols is 1. The minimum absolute atomic E-state index is 0.000119. The van der Waals surface area contributed by atoms with E-state index < -0.39 is 17.3 Å². The molecule has 1 amide bonds. The van der Waals surface area contributed by atoms with Crippen LogP contribution in [0.25, 0.3) is 0 Å². The molecule has 0 aliphatic heterocycles. The lowest BCUT2D eigenvalue weighted by molar-refractivity contribution is -0.149. The van der Waals surface area contributed by atoms with Gasteiger partial charge >= 0.3 is 5.97 Å². The Kier molecular flexibility index (Phi) is 5.39. The van der Waals surface area contributed by atoms with E-state index >= 15 is 0 Å². The first-order chi connectivity index (χ1) is 9.36. The first kappa shape index (κ1) is 16.3. The molecule has 1 aromatic rings. The Balaban J connectivity index is 2.86. The number of nitrogens with one attached hydrogen (secondary N) is 1. The van der Waals surface area contributed by atoms with Gasteiger partial charge < -0.3 is 15.5 Å². The molecule has 0 saturated heterocycles. The maximum absolute atomic E-state index is 12.0. The van der Waals surface area contributed by atoms with Gasteiger partial charge in [-0.2, -0.15) is 0 Å². The van der Waals surface area contributed by atoms with Gasteiger partial charge in [-0.15, -0.1) is 0 Å². The molecule has 1 rings (SSSR count). The number of benzene rings is 1. The number of phenolic OH excluding ortho intramolecular Hbond substituents is 1. The number of carbonyl (C=O) groups is 2. The molecule has 0 fully saturated rings. The molecule has 20 heavy (non-hydrogen) atoms. The van der Waals surface area contributed by atoms with Gasteiger partial charge in [-0.3, -0.25) is 9.59 Å². The van der Waals surface area contributed by atoms with Gasteiger partial charge in [0.25, 0.3) is 5.91 Å². The van der Waals surface area contributed by atoms with Crippen LogP contribution in [0.4, 0.5) is 0 Å². The van der Waals surface area contributed by atoms with Gasteiger partial charge in [0, 0.05) is 11.6 Å². The van der Waals surface area contributed by atoms with Crippen LogP contribution in [0.3, 0.4) is 0 Å². The molecule has 0 bridgehead atoms. The Morgan fingerprint density at radius 1 is 1.30 bits per heavy atom. The SMILES string of the molecule is CCC(CC)(CNC(=O)c1cc(Cl)ccc1O)C(=O)O. The summed E-state index contributed by atoms with van der Waals surface area (Å²) < 4.78 is 0. The zero-order valence-corrected chi connectivity index (χ0v) is 12.2. The minimum atomic E-state index is -0.996. The smallest absolute Gasteiger partial charge is 0.311 e. The van der Waals surface area contributed by atoms with Crippen molar-refractivity contribution in [1.29, 1.82) is 0 Å². The van der Waals surface area contributed by atoms with Crippen molar-refractivity contribution in [2.24, 2.45) is 5.41 Å². The molecule has 0 aliphatic rings. The topological polar surface area (TPSA) is 86.6 Å². The first-order valence-corrected chi connectivity index (χ1v) is 6.74. The summed E-state index contributed by atoms with van der Waals surface area (Å²) in [5.74, 6) is -1.68. The summed E-state index contributed by atoms with van der Waals surface area (Å²) in [6.45, 7) is 3.53. The summed E-state index contributed by atoms with van der Waals surface area (Å²) in [6.07, 6.45) is 0.807. The van der Waals surface area contributed by atoms with Gasteiger partial charge in [0.2, 0.25) is 0 Å². The maximum Gasteiger partial charge on any atom is 0.311 e. The number of hydrogen-bond acceptors (Lipinski definition) is 3. The number of hydrogen-bond donors (Lipinski definition) is 3. The molecule has 0 aliphatic carbocycles. The van der Waals surface area contributed by atoms with Crippen LogP contribution in [-0.2, 0) is 4.79 Å². The predicted octanol–water partition coefficient (Wildman–Crippen LogP) is 2.67. The number of carboxylic acids is 1. The van der Waals surface area contributed by atoms with Crippen LogP contribution >= 0.6 is 11.6 Å². The molecular formula is C14H18ClNO4. The monoisotopic (exact) mass is 299 g/mol. The van der Waals surface area contributed by atoms with Crippen molar-refractivity contribution in [1.82, 2.24) is 5.32 Å². The van der Waals surface area contributed by atoms with Crippen LogP contribution in [0.2, 0.25) is 5.02 Å². The summed E-state index contributed by atoms with van der Waals surface area (Å²) in [4.78, 5) is 23.3. The molecule has 0 saturated carbocycles. The van der Waals surface area contributed by atoms with Crippen molar-refractivity contribution in [3.05, 3.63) is 28.8 Å². The van der Waals surface area contributed by atoms with Crippen LogP contribution in [0, 0.1) is 5.41 Å².